The van der Waals surface area contributed by atoms with E-state index >= 15 is 0 Å². The summed E-state index contributed by atoms with van der Waals surface area (Å²) in [6.07, 6.45) is 1.64. The Labute approximate surface area is 167 Å². The number of hydrogen-bond donors (Lipinski definition) is 1. The molecule has 1 saturated heterocycles. The van der Waals surface area contributed by atoms with Crippen LogP contribution in [0.25, 0.3) is 11.3 Å². The van der Waals surface area contributed by atoms with Gasteiger partial charge in [-0.2, -0.15) is 0 Å². The van der Waals surface area contributed by atoms with E-state index in [1.54, 1.807) is 25.0 Å². The van der Waals surface area contributed by atoms with Crippen molar-refractivity contribution in [2.75, 3.05) is 31.1 Å². The fourth-order valence-electron chi connectivity index (χ4n) is 3.72. The van der Waals surface area contributed by atoms with Gasteiger partial charge in [0, 0.05) is 37.4 Å². The van der Waals surface area contributed by atoms with Gasteiger partial charge in [-0.05, 0) is 53.4 Å². The maximum atomic E-state index is 11.8. The first-order valence-corrected chi connectivity index (χ1v) is 10.5. The number of carboxylic acid groups (broad SMARTS) is 1. The standard InChI is InChI=1S/C20H26N2O5S/c1-14(2)18(20(23)24)19(28(25)26)22-11-9-21(10-12-22)16-7-5-15(6-8-16)17-4-3-13-27-17/h3-8,13-14,18-19H,9-12H2,1-2H3,(H,23,24)(H,25,26)/p-1. The molecule has 3 unspecified atom stereocenters. The second-order valence-electron chi connectivity index (χ2n) is 7.31. The topological polar surface area (TPSA) is 97.1 Å². The lowest BCUT2D eigenvalue weighted by atomic mass is 9.94. The molecule has 1 N–H and O–H groups in total. The van der Waals surface area contributed by atoms with Crippen molar-refractivity contribution in [1.29, 1.82) is 0 Å². The highest BCUT2D eigenvalue weighted by Crippen LogP contribution is 2.27. The summed E-state index contributed by atoms with van der Waals surface area (Å²) in [6.45, 7) is 5.76. The quantitative estimate of drug-likeness (QED) is 0.707. The maximum Gasteiger partial charge on any atom is 0.309 e. The number of benzene rings is 1. The Morgan fingerprint density at radius 1 is 1.14 bits per heavy atom. The maximum absolute atomic E-state index is 11.8. The van der Waals surface area contributed by atoms with E-state index in [9.17, 15) is 18.7 Å². The first-order chi connectivity index (χ1) is 13.4. The smallest absolute Gasteiger partial charge is 0.309 e. The van der Waals surface area contributed by atoms with Crippen molar-refractivity contribution >= 4 is 22.7 Å². The third-order valence-electron chi connectivity index (χ3n) is 5.22. The monoisotopic (exact) mass is 405 g/mol. The molecule has 152 valence electrons. The van der Waals surface area contributed by atoms with Gasteiger partial charge in [-0.3, -0.25) is 13.9 Å². The Kier molecular flexibility index (Phi) is 6.53. The third kappa shape index (κ3) is 4.45. The molecule has 0 saturated carbocycles. The van der Waals surface area contributed by atoms with E-state index in [0.29, 0.717) is 26.2 Å². The highest BCUT2D eigenvalue weighted by molar-refractivity contribution is 7.79. The van der Waals surface area contributed by atoms with E-state index in [4.69, 9.17) is 4.42 Å². The minimum absolute atomic E-state index is 0.271. The molecule has 0 aliphatic carbocycles. The first kappa shape index (κ1) is 20.6. The van der Waals surface area contributed by atoms with Crippen LogP contribution < -0.4 is 4.90 Å². The second-order valence-corrected chi connectivity index (χ2v) is 8.31. The number of carboxylic acids is 1. The molecule has 28 heavy (non-hydrogen) atoms. The predicted molar refractivity (Wildman–Crippen MR) is 107 cm³/mol. The SMILES string of the molecule is CC(C)C(C(=O)O)C(N1CCN(c2ccc(-c3ccco3)cc2)CC1)S(=O)[O-]. The molecule has 1 aromatic heterocycles. The van der Waals surface area contributed by atoms with Gasteiger partial charge < -0.3 is 19.0 Å². The van der Waals surface area contributed by atoms with Crippen molar-refractivity contribution in [3.8, 4) is 11.3 Å². The number of rotatable bonds is 7. The normalized spacial score (nSPS) is 18.8. The van der Waals surface area contributed by atoms with Crippen molar-refractivity contribution in [3.63, 3.8) is 0 Å². The van der Waals surface area contributed by atoms with E-state index in [0.717, 1.165) is 17.0 Å². The summed E-state index contributed by atoms with van der Waals surface area (Å²) in [5.74, 6) is -1.48. The molecular weight excluding hydrogens is 380 g/mol. The van der Waals surface area contributed by atoms with Crippen LogP contribution in [-0.4, -0.2) is 56.3 Å². The van der Waals surface area contributed by atoms with Crippen LogP contribution in [-0.2, 0) is 15.9 Å². The average molecular weight is 405 g/mol. The third-order valence-corrected chi connectivity index (χ3v) is 6.21. The Morgan fingerprint density at radius 3 is 2.25 bits per heavy atom. The highest BCUT2D eigenvalue weighted by Gasteiger charge is 2.37. The van der Waals surface area contributed by atoms with E-state index in [2.05, 4.69) is 4.90 Å². The number of carbonyl (C=O) groups is 1. The summed E-state index contributed by atoms with van der Waals surface area (Å²) in [5, 5.41) is 8.50. The van der Waals surface area contributed by atoms with Gasteiger partial charge in [0.05, 0.1) is 17.6 Å². The molecule has 0 spiro atoms. The number of aliphatic carboxylic acids is 1. The molecule has 2 aromatic rings. The number of furan rings is 1. The van der Waals surface area contributed by atoms with Crippen LogP contribution in [0.15, 0.2) is 47.1 Å². The van der Waals surface area contributed by atoms with Crippen LogP contribution >= 0.6 is 0 Å². The van der Waals surface area contributed by atoms with E-state index in [1.807, 2.05) is 36.4 Å². The van der Waals surface area contributed by atoms with Crippen molar-refractivity contribution in [2.24, 2.45) is 11.8 Å². The predicted octanol–water partition coefficient (Wildman–Crippen LogP) is 2.63. The zero-order valence-corrected chi connectivity index (χ0v) is 16.8. The van der Waals surface area contributed by atoms with Gasteiger partial charge in [-0.25, -0.2) is 0 Å². The lowest BCUT2D eigenvalue weighted by Gasteiger charge is -2.43. The highest BCUT2D eigenvalue weighted by atomic mass is 32.2. The Bertz CT molecular complexity index is 799. The Balaban J connectivity index is 1.67. The lowest BCUT2D eigenvalue weighted by molar-refractivity contribution is -0.144. The summed E-state index contributed by atoms with van der Waals surface area (Å²) in [5.41, 5.74) is 2.05. The van der Waals surface area contributed by atoms with Crippen LogP contribution in [0.5, 0.6) is 0 Å². The second kappa shape index (κ2) is 8.89. The Hall–Kier alpha value is -2.16. The van der Waals surface area contributed by atoms with Crippen LogP contribution in [0.1, 0.15) is 13.8 Å². The van der Waals surface area contributed by atoms with Gasteiger partial charge in [0.15, 0.2) is 0 Å². The average Bonchev–Trinajstić information content (AvgIpc) is 3.20. The van der Waals surface area contributed by atoms with Crippen LogP contribution in [0.4, 0.5) is 5.69 Å². The van der Waals surface area contributed by atoms with Gasteiger partial charge in [0.25, 0.3) is 0 Å². The molecule has 1 fully saturated rings. The number of nitrogens with zero attached hydrogens (tertiary/aromatic N) is 2. The van der Waals surface area contributed by atoms with Crippen molar-refractivity contribution in [2.45, 2.75) is 19.2 Å². The summed E-state index contributed by atoms with van der Waals surface area (Å²) >= 11 is -2.48. The van der Waals surface area contributed by atoms with Gasteiger partial charge in [-0.1, -0.05) is 13.8 Å². The molecular formula is C20H25N2O5S-. The molecule has 0 bridgehead atoms. The van der Waals surface area contributed by atoms with Gasteiger partial charge in [-0.15, -0.1) is 0 Å². The number of anilines is 1. The zero-order chi connectivity index (χ0) is 20.3. The molecule has 3 atom stereocenters. The lowest BCUT2D eigenvalue weighted by Crippen LogP contribution is -2.55. The summed E-state index contributed by atoms with van der Waals surface area (Å²) < 4.78 is 29.0. The van der Waals surface area contributed by atoms with Crippen molar-refractivity contribution in [1.82, 2.24) is 4.90 Å². The summed E-state index contributed by atoms with van der Waals surface area (Å²) in [4.78, 5) is 15.6. The van der Waals surface area contributed by atoms with Crippen LogP contribution in [0.2, 0.25) is 0 Å². The molecule has 0 amide bonds. The molecule has 7 nitrogen and oxygen atoms in total. The van der Waals surface area contributed by atoms with Crippen LogP contribution in [0.3, 0.4) is 0 Å². The minimum atomic E-state index is -2.48. The van der Waals surface area contributed by atoms with Crippen molar-refractivity contribution in [3.05, 3.63) is 42.7 Å². The van der Waals surface area contributed by atoms with Gasteiger partial charge >= 0.3 is 5.97 Å². The van der Waals surface area contributed by atoms with Gasteiger partial charge in [0.2, 0.25) is 0 Å². The summed E-state index contributed by atoms with van der Waals surface area (Å²) in [6, 6.07) is 11.8. The molecule has 1 aromatic carbocycles. The van der Waals surface area contributed by atoms with Crippen LogP contribution in [0, 0.1) is 11.8 Å². The number of hydrogen-bond acceptors (Lipinski definition) is 6. The van der Waals surface area contributed by atoms with Crippen molar-refractivity contribution < 1.29 is 23.1 Å². The molecule has 1 aliphatic rings. The fourth-order valence-corrected chi connectivity index (χ4v) is 4.84. The molecule has 2 heterocycles. The van der Waals surface area contributed by atoms with E-state index in [-0.39, 0.29) is 5.92 Å². The largest absolute Gasteiger partial charge is 0.771 e. The fraction of sp³-hybridized carbons (Fsp3) is 0.450. The zero-order valence-electron chi connectivity index (χ0n) is 16.0. The first-order valence-electron chi connectivity index (χ1n) is 9.32. The molecule has 1 aliphatic heterocycles. The Morgan fingerprint density at radius 2 is 1.79 bits per heavy atom. The molecule has 3 rings (SSSR count). The molecule has 0 radical (unpaired) electrons. The summed E-state index contributed by atoms with van der Waals surface area (Å²) in [7, 11) is 0. The minimum Gasteiger partial charge on any atom is -0.771 e. The van der Waals surface area contributed by atoms with E-state index < -0.39 is 28.3 Å². The molecule has 8 heteroatoms. The van der Waals surface area contributed by atoms with Gasteiger partial charge in [0.1, 0.15) is 5.76 Å². The van der Waals surface area contributed by atoms with E-state index in [1.165, 1.54) is 0 Å². The number of piperazine rings is 1.